The molecule has 1 saturated heterocycles. The van der Waals surface area contributed by atoms with Gasteiger partial charge in [0.05, 0.1) is 13.1 Å². The number of carbonyl (C=O) groups is 3. The average Bonchev–Trinajstić information content (AvgIpc) is 3.00. The number of hydrogen-bond acceptors (Lipinski definition) is 4. The van der Waals surface area contributed by atoms with Crippen LogP contribution in [0.5, 0.6) is 0 Å². The van der Waals surface area contributed by atoms with Gasteiger partial charge in [-0.25, -0.2) is 4.79 Å². The Bertz CT molecular complexity index is 839. The highest BCUT2D eigenvalue weighted by Gasteiger charge is 2.28. The number of benzene rings is 2. The summed E-state index contributed by atoms with van der Waals surface area (Å²) in [5, 5.41) is 8.46. The minimum absolute atomic E-state index is 0. The van der Waals surface area contributed by atoms with E-state index in [0.717, 1.165) is 22.6 Å². The van der Waals surface area contributed by atoms with E-state index in [2.05, 4.69) is 16.0 Å². The van der Waals surface area contributed by atoms with Crippen LogP contribution in [0.15, 0.2) is 48.5 Å². The van der Waals surface area contributed by atoms with Crippen LogP contribution in [0, 0.1) is 0 Å². The SMILES string of the molecule is CNCc1ccc(CNC(=O)c2cccc(CN3C(=O)CNC3=O)c2)cc1.Cl. The molecule has 3 rings (SSSR count). The zero-order chi connectivity index (χ0) is 19.2. The predicted octanol–water partition coefficient (Wildman–Crippen LogP) is 1.81. The zero-order valence-electron chi connectivity index (χ0n) is 15.5. The van der Waals surface area contributed by atoms with Crippen LogP contribution in [0.1, 0.15) is 27.0 Å². The molecule has 1 fully saturated rings. The molecule has 0 atom stereocenters. The van der Waals surface area contributed by atoms with Crippen molar-refractivity contribution in [2.24, 2.45) is 0 Å². The molecule has 0 spiro atoms. The van der Waals surface area contributed by atoms with Crippen LogP contribution in [-0.4, -0.2) is 36.3 Å². The number of carbonyl (C=O) groups excluding carboxylic acids is 3. The molecule has 2 aromatic rings. The van der Waals surface area contributed by atoms with Gasteiger partial charge in [0, 0.05) is 18.7 Å². The van der Waals surface area contributed by atoms with Crippen molar-refractivity contribution in [1.29, 1.82) is 0 Å². The molecule has 4 amide bonds. The van der Waals surface area contributed by atoms with Crippen molar-refractivity contribution < 1.29 is 14.4 Å². The molecule has 1 aliphatic rings. The third kappa shape index (κ3) is 5.31. The van der Waals surface area contributed by atoms with E-state index in [1.165, 1.54) is 5.56 Å². The van der Waals surface area contributed by atoms with Gasteiger partial charge < -0.3 is 16.0 Å². The lowest BCUT2D eigenvalue weighted by atomic mass is 10.1. The van der Waals surface area contributed by atoms with Crippen LogP contribution in [-0.2, 0) is 24.4 Å². The molecule has 0 radical (unpaired) electrons. The lowest BCUT2D eigenvalue weighted by Gasteiger charge is -2.13. The van der Waals surface area contributed by atoms with E-state index >= 15 is 0 Å². The number of nitrogens with zero attached hydrogens (tertiary/aromatic N) is 1. The van der Waals surface area contributed by atoms with Crippen molar-refractivity contribution in [2.75, 3.05) is 13.6 Å². The molecular formula is C20H23ClN4O3. The van der Waals surface area contributed by atoms with Crippen molar-refractivity contribution in [3.8, 4) is 0 Å². The van der Waals surface area contributed by atoms with Gasteiger partial charge in [0.2, 0.25) is 5.91 Å². The number of nitrogens with one attached hydrogen (secondary N) is 3. The maximum absolute atomic E-state index is 12.4. The van der Waals surface area contributed by atoms with E-state index in [1.54, 1.807) is 24.3 Å². The van der Waals surface area contributed by atoms with Crippen LogP contribution in [0.25, 0.3) is 0 Å². The second kappa shape index (κ2) is 9.87. The van der Waals surface area contributed by atoms with E-state index in [1.807, 2.05) is 31.3 Å². The lowest BCUT2D eigenvalue weighted by Crippen LogP contribution is -2.30. The fourth-order valence-electron chi connectivity index (χ4n) is 2.87. The van der Waals surface area contributed by atoms with E-state index in [4.69, 9.17) is 0 Å². The normalized spacial score (nSPS) is 13.1. The zero-order valence-corrected chi connectivity index (χ0v) is 16.3. The van der Waals surface area contributed by atoms with Gasteiger partial charge >= 0.3 is 6.03 Å². The lowest BCUT2D eigenvalue weighted by molar-refractivity contribution is -0.125. The summed E-state index contributed by atoms with van der Waals surface area (Å²) in [4.78, 5) is 36.9. The van der Waals surface area contributed by atoms with Crippen LogP contribution >= 0.6 is 12.4 Å². The minimum atomic E-state index is -0.406. The van der Waals surface area contributed by atoms with E-state index in [0.29, 0.717) is 12.1 Å². The Morgan fingerprint density at radius 1 is 1.04 bits per heavy atom. The molecule has 2 aromatic carbocycles. The smallest absolute Gasteiger partial charge is 0.324 e. The first-order valence-corrected chi connectivity index (χ1v) is 8.74. The summed E-state index contributed by atoms with van der Waals surface area (Å²) in [5.41, 5.74) is 3.41. The van der Waals surface area contributed by atoms with Crippen LogP contribution < -0.4 is 16.0 Å². The van der Waals surface area contributed by atoms with Crippen molar-refractivity contribution in [3.63, 3.8) is 0 Å². The number of hydrogen-bond donors (Lipinski definition) is 3. The van der Waals surface area contributed by atoms with Crippen LogP contribution in [0.4, 0.5) is 4.79 Å². The van der Waals surface area contributed by atoms with Crippen LogP contribution in [0.2, 0.25) is 0 Å². The predicted molar refractivity (Wildman–Crippen MR) is 108 cm³/mol. The van der Waals surface area contributed by atoms with Crippen molar-refractivity contribution in [3.05, 3.63) is 70.8 Å². The Morgan fingerprint density at radius 2 is 1.71 bits per heavy atom. The molecule has 28 heavy (non-hydrogen) atoms. The second-order valence-electron chi connectivity index (χ2n) is 6.37. The maximum atomic E-state index is 12.4. The summed E-state index contributed by atoms with van der Waals surface area (Å²) in [5.74, 6) is -0.468. The molecular weight excluding hydrogens is 380 g/mol. The van der Waals surface area contributed by atoms with Crippen molar-refractivity contribution >= 4 is 30.3 Å². The summed E-state index contributed by atoms with van der Waals surface area (Å²) in [6.07, 6.45) is 0. The first-order valence-electron chi connectivity index (χ1n) is 8.74. The highest BCUT2D eigenvalue weighted by Crippen LogP contribution is 2.12. The topological polar surface area (TPSA) is 90.5 Å². The molecule has 0 bridgehead atoms. The van der Waals surface area contributed by atoms with Gasteiger partial charge in [-0.1, -0.05) is 36.4 Å². The number of urea groups is 1. The fourth-order valence-corrected chi connectivity index (χ4v) is 2.87. The molecule has 0 aliphatic carbocycles. The van der Waals surface area contributed by atoms with Gasteiger partial charge in [-0.3, -0.25) is 14.5 Å². The summed E-state index contributed by atoms with van der Waals surface area (Å²) in [6.45, 7) is 1.40. The second-order valence-corrected chi connectivity index (χ2v) is 6.37. The number of amides is 4. The maximum Gasteiger partial charge on any atom is 0.324 e. The van der Waals surface area contributed by atoms with Gasteiger partial charge in [0.25, 0.3) is 5.91 Å². The number of imide groups is 1. The Labute approximate surface area is 169 Å². The molecule has 148 valence electrons. The minimum Gasteiger partial charge on any atom is -0.348 e. The third-order valence-electron chi connectivity index (χ3n) is 4.32. The molecule has 0 aromatic heterocycles. The third-order valence-corrected chi connectivity index (χ3v) is 4.32. The standard InChI is InChI=1S/C20H22N4O3.ClH/c1-21-10-14-5-7-15(8-6-14)11-22-19(26)17-4-2-3-16(9-17)13-24-18(25)12-23-20(24)27;/h2-9,21H,10-13H2,1H3,(H,22,26)(H,23,27);1H. The van der Waals surface area contributed by atoms with E-state index in [-0.39, 0.29) is 37.3 Å². The van der Waals surface area contributed by atoms with Gasteiger partial charge in [0.15, 0.2) is 0 Å². The fraction of sp³-hybridized carbons (Fsp3) is 0.250. The highest BCUT2D eigenvalue weighted by atomic mass is 35.5. The summed E-state index contributed by atoms with van der Waals surface area (Å²) < 4.78 is 0. The first kappa shape index (κ1) is 21.4. The number of halogens is 1. The quantitative estimate of drug-likeness (QED) is 0.616. The van der Waals surface area contributed by atoms with Crippen molar-refractivity contribution in [2.45, 2.75) is 19.6 Å². The molecule has 7 nitrogen and oxygen atoms in total. The molecule has 0 unspecified atom stereocenters. The highest BCUT2D eigenvalue weighted by molar-refractivity contribution is 6.02. The molecule has 1 aliphatic heterocycles. The Morgan fingerprint density at radius 3 is 2.32 bits per heavy atom. The first-order chi connectivity index (χ1) is 13.1. The molecule has 0 saturated carbocycles. The largest absolute Gasteiger partial charge is 0.348 e. The van der Waals surface area contributed by atoms with Gasteiger partial charge in [-0.15, -0.1) is 12.4 Å². The Kier molecular flexibility index (Phi) is 7.54. The van der Waals surface area contributed by atoms with Gasteiger partial charge in [0.1, 0.15) is 0 Å². The average molecular weight is 403 g/mol. The van der Waals surface area contributed by atoms with Gasteiger partial charge in [-0.2, -0.15) is 0 Å². The van der Waals surface area contributed by atoms with Crippen LogP contribution in [0.3, 0.4) is 0 Å². The van der Waals surface area contributed by atoms with E-state index < -0.39 is 6.03 Å². The Hall–Kier alpha value is -2.90. The Balaban J connectivity index is 0.00000280. The molecule has 8 heteroatoms. The monoisotopic (exact) mass is 402 g/mol. The summed E-state index contributed by atoms with van der Waals surface area (Å²) >= 11 is 0. The molecule has 1 heterocycles. The summed E-state index contributed by atoms with van der Waals surface area (Å²) in [7, 11) is 1.90. The van der Waals surface area contributed by atoms with E-state index in [9.17, 15) is 14.4 Å². The summed E-state index contributed by atoms with van der Waals surface area (Å²) in [6, 6.07) is 14.6. The van der Waals surface area contributed by atoms with Crippen molar-refractivity contribution in [1.82, 2.24) is 20.9 Å². The van der Waals surface area contributed by atoms with Gasteiger partial charge in [-0.05, 0) is 35.9 Å². The molecule has 3 N–H and O–H groups in total. The number of rotatable bonds is 7.